The number of aliphatic hydroxyl groups excluding tert-OH is 1. The van der Waals surface area contributed by atoms with Gasteiger partial charge < -0.3 is 21.5 Å². The molecule has 2 amide bonds. The Morgan fingerprint density at radius 2 is 1.61 bits per heavy atom. The lowest BCUT2D eigenvalue weighted by molar-refractivity contribution is -0.132. The van der Waals surface area contributed by atoms with E-state index in [1.807, 2.05) is 71.0 Å². The predicted molar refractivity (Wildman–Crippen MR) is 189 cm³/mol. The second-order valence-corrected chi connectivity index (χ2v) is 16.4. The van der Waals surface area contributed by atoms with Crippen LogP contribution in [0.25, 0.3) is 0 Å². The molecule has 1 fully saturated rings. The van der Waals surface area contributed by atoms with Crippen molar-refractivity contribution in [1.29, 1.82) is 0 Å². The quantitative estimate of drug-likeness (QED) is 0.142. The number of hydrogen-bond acceptors (Lipinski definition) is 7. The van der Waals surface area contributed by atoms with Gasteiger partial charge in [0.05, 0.1) is 23.6 Å². The number of rotatable bonds is 16. The topological polar surface area (TPSA) is 154 Å². The highest BCUT2D eigenvalue weighted by atomic mass is 32.2. The Bertz CT molecular complexity index is 1680. The molecule has 12 heteroatoms. The molecular formula is C37H50FN5O5S. The number of nitrogen functional groups attached to an aromatic ring is 1. The number of nitrogens with zero attached hydrogens (tertiary/aromatic N) is 1. The molecule has 0 radical (unpaired) electrons. The van der Waals surface area contributed by atoms with Gasteiger partial charge in [-0.1, -0.05) is 77.1 Å². The van der Waals surface area contributed by atoms with Crippen molar-refractivity contribution in [1.82, 2.24) is 20.3 Å². The number of benzene rings is 3. The lowest BCUT2D eigenvalue weighted by Gasteiger charge is -2.34. The average Bonchev–Trinajstić information content (AvgIpc) is 3.83. The molecule has 1 aliphatic rings. The maximum absolute atomic E-state index is 14.0. The molecule has 3 aromatic carbocycles. The summed E-state index contributed by atoms with van der Waals surface area (Å²) < 4.78 is 42.6. The largest absolute Gasteiger partial charge is 0.399 e. The van der Waals surface area contributed by atoms with Gasteiger partial charge in [0, 0.05) is 24.3 Å². The zero-order chi connectivity index (χ0) is 36.0. The monoisotopic (exact) mass is 695 g/mol. The summed E-state index contributed by atoms with van der Waals surface area (Å²) in [4.78, 5) is 27.3. The van der Waals surface area contributed by atoms with Gasteiger partial charge in [-0.05, 0) is 78.1 Å². The van der Waals surface area contributed by atoms with Gasteiger partial charge in [-0.2, -0.15) is 4.31 Å². The van der Waals surface area contributed by atoms with Crippen molar-refractivity contribution in [3.05, 3.63) is 95.8 Å². The van der Waals surface area contributed by atoms with Crippen LogP contribution in [0.1, 0.15) is 58.6 Å². The number of carbonyl (C=O) groups excluding carboxylic acids is 2. The molecule has 3 aromatic rings. The van der Waals surface area contributed by atoms with Crippen LogP contribution < -0.4 is 21.7 Å². The minimum atomic E-state index is -4.01. The maximum atomic E-state index is 14.0. The SMILES string of the molecule is CC(C)CN(C[C@@H](O)[C@H](Cc1ccccc1)NC(=O)[C@@H](NC(=O)CNC1(c2cccc(F)c2)CC1)C(C)(C)C)S(=O)(=O)c1ccc(N)cc1. The van der Waals surface area contributed by atoms with Crippen LogP contribution in [0.4, 0.5) is 10.1 Å². The molecule has 0 aliphatic heterocycles. The van der Waals surface area contributed by atoms with Crippen LogP contribution >= 0.6 is 0 Å². The minimum absolute atomic E-state index is 0.0488. The zero-order valence-corrected chi connectivity index (χ0v) is 29.8. The lowest BCUT2D eigenvalue weighted by Crippen LogP contribution is -2.59. The van der Waals surface area contributed by atoms with Crippen molar-refractivity contribution >= 4 is 27.5 Å². The molecule has 49 heavy (non-hydrogen) atoms. The third-order valence-corrected chi connectivity index (χ3v) is 10.6. The van der Waals surface area contributed by atoms with Crippen LogP contribution in [0, 0.1) is 17.2 Å². The summed E-state index contributed by atoms with van der Waals surface area (Å²) in [6.45, 7) is 9.03. The van der Waals surface area contributed by atoms with E-state index in [2.05, 4.69) is 16.0 Å². The standard InChI is InChI=1S/C37H50FN5O5S/c1-25(2)23-43(49(47,48)30-16-14-29(39)15-17-30)24-32(44)31(20-26-10-7-6-8-11-26)41-35(46)34(36(3,4)5)42-33(45)22-40-37(18-19-37)27-12-9-13-28(38)21-27/h6-17,21,25,31-32,34,40,44H,18-20,22-24,39H2,1-5H3,(H,41,46)(H,42,45)/t31-,32+,34+/m0/s1. The Kier molecular flexibility index (Phi) is 12.2. The number of halogens is 1. The summed E-state index contributed by atoms with van der Waals surface area (Å²) in [5.74, 6) is -1.32. The van der Waals surface area contributed by atoms with E-state index in [0.717, 1.165) is 24.0 Å². The molecule has 0 saturated heterocycles. The van der Waals surface area contributed by atoms with Gasteiger partial charge in [-0.15, -0.1) is 0 Å². The number of hydrogen-bond donors (Lipinski definition) is 5. The summed E-state index contributed by atoms with van der Waals surface area (Å²) in [6, 6.07) is 19.6. The second kappa shape index (κ2) is 15.8. The molecule has 0 bridgehead atoms. The third-order valence-electron chi connectivity index (χ3n) is 8.72. The predicted octanol–water partition coefficient (Wildman–Crippen LogP) is 3.95. The van der Waals surface area contributed by atoms with Crippen molar-refractivity contribution in [2.45, 2.75) is 82.5 Å². The summed E-state index contributed by atoms with van der Waals surface area (Å²) in [5.41, 5.74) is 6.61. The van der Waals surface area contributed by atoms with E-state index in [1.54, 1.807) is 6.07 Å². The third kappa shape index (κ3) is 10.3. The van der Waals surface area contributed by atoms with Gasteiger partial charge in [-0.25, -0.2) is 12.8 Å². The van der Waals surface area contributed by atoms with E-state index in [1.165, 1.54) is 40.7 Å². The number of aliphatic hydroxyl groups is 1. The normalized spacial score (nSPS) is 16.2. The van der Waals surface area contributed by atoms with E-state index >= 15 is 0 Å². The molecule has 6 N–H and O–H groups in total. The van der Waals surface area contributed by atoms with Crippen LogP contribution in [0.3, 0.4) is 0 Å². The van der Waals surface area contributed by atoms with E-state index in [9.17, 15) is 27.5 Å². The number of carbonyl (C=O) groups is 2. The Morgan fingerprint density at radius 1 is 0.959 bits per heavy atom. The Balaban J connectivity index is 1.52. The van der Waals surface area contributed by atoms with E-state index in [0.29, 0.717) is 5.69 Å². The van der Waals surface area contributed by atoms with E-state index in [-0.39, 0.29) is 42.7 Å². The van der Waals surface area contributed by atoms with Gasteiger partial charge in [0.2, 0.25) is 21.8 Å². The average molecular weight is 696 g/mol. The van der Waals surface area contributed by atoms with Gasteiger partial charge >= 0.3 is 0 Å². The molecule has 1 saturated carbocycles. The van der Waals surface area contributed by atoms with Crippen LogP contribution in [0.15, 0.2) is 83.8 Å². The number of nitrogens with one attached hydrogen (secondary N) is 3. The molecule has 0 heterocycles. The van der Waals surface area contributed by atoms with Crippen LogP contribution in [0.2, 0.25) is 0 Å². The molecule has 0 unspecified atom stereocenters. The number of amides is 2. The fourth-order valence-corrected chi connectivity index (χ4v) is 7.46. The fourth-order valence-electron chi connectivity index (χ4n) is 5.84. The first-order valence-electron chi connectivity index (χ1n) is 16.7. The van der Waals surface area contributed by atoms with E-state index in [4.69, 9.17) is 5.73 Å². The van der Waals surface area contributed by atoms with Crippen molar-refractivity contribution in [3.63, 3.8) is 0 Å². The Morgan fingerprint density at radius 3 is 2.18 bits per heavy atom. The minimum Gasteiger partial charge on any atom is -0.399 e. The molecular weight excluding hydrogens is 646 g/mol. The van der Waals surface area contributed by atoms with Gasteiger partial charge in [0.1, 0.15) is 11.9 Å². The van der Waals surface area contributed by atoms with E-state index < -0.39 is 51.0 Å². The first kappa shape index (κ1) is 38.0. The maximum Gasteiger partial charge on any atom is 0.243 e. The Hall–Kier alpha value is -3.84. The van der Waals surface area contributed by atoms with Crippen LogP contribution in [-0.2, 0) is 31.6 Å². The highest BCUT2D eigenvalue weighted by molar-refractivity contribution is 7.89. The summed E-state index contributed by atoms with van der Waals surface area (Å²) in [7, 11) is -4.01. The lowest BCUT2D eigenvalue weighted by atomic mass is 9.85. The summed E-state index contributed by atoms with van der Waals surface area (Å²) >= 11 is 0. The number of sulfonamides is 1. The molecule has 1 aliphatic carbocycles. The summed E-state index contributed by atoms with van der Waals surface area (Å²) in [5, 5.41) is 20.7. The number of nitrogens with two attached hydrogens (primary N) is 1. The molecule has 0 aromatic heterocycles. The highest BCUT2D eigenvalue weighted by Gasteiger charge is 2.45. The molecule has 266 valence electrons. The first-order chi connectivity index (χ1) is 23.0. The smallest absolute Gasteiger partial charge is 0.243 e. The fraction of sp³-hybridized carbons (Fsp3) is 0.459. The van der Waals surface area contributed by atoms with Gasteiger partial charge in [0.25, 0.3) is 0 Å². The molecule has 3 atom stereocenters. The van der Waals surface area contributed by atoms with Crippen molar-refractivity contribution < 1.29 is 27.5 Å². The Labute approximate surface area is 289 Å². The molecule has 0 spiro atoms. The van der Waals surface area contributed by atoms with Gasteiger partial charge in [-0.3, -0.25) is 14.9 Å². The number of anilines is 1. The van der Waals surface area contributed by atoms with Crippen molar-refractivity contribution in [3.8, 4) is 0 Å². The zero-order valence-electron chi connectivity index (χ0n) is 28.9. The van der Waals surface area contributed by atoms with Crippen LogP contribution in [-0.4, -0.2) is 67.5 Å². The van der Waals surface area contributed by atoms with Crippen molar-refractivity contribution in [2.75, 3.05) is 25.4 Å². The van der Waals surface area contributed by atoms with Crippen molar-refractivity contribution in [2.24, 2.45) is 11.3 Å². The van der Waals surface area contributed by atoms with Crippen LogP contribution in [0.5, 0.6) is 0 Å². The first-order valence-corrected chi connectivity index (χ1v) is 18.1. The second-order valence-electron chi connectivity index (χ2n) is 14.5. The van der Waals surface area contributed by atoms with Gasteiger partial charge in [0.15, 0.2) is 0 Å². The molecule has 4 rings (SSSR count). The highest BCUT2D eigenvalue weighted by Crippen LogP contribution is 2.45. The summed E-state index contributed by atoms with van der Waals surface area (Å²) in [6.07, 6.45) is 0.431. The molecule has 10 nitrogen and oxygen atoms in total.